The zero-order chi connectivity index (χ0) is 13.5. The van der Waals surface area contributed by atoms with Crippen molar-refractivity contribution in [2.45, 2.75) is 19.3 Å². The van der Waals surface area contributed by atoms with Crippen molar-refractivity contribution in [1.29, 1.82) is 0 Å². The molecule has 1 aromatic carbocycles. The van der Waals surface area contributed by atoms with Gasteiger partial charge in [-0.05, 0) is 32.1 Å². The smallest absolute Gasteiger partial charge is 0.220 e. The molecule has 1 heterocycles. The topological polar surface area (TPSA) is 54.3 Å². The van der Waals surface area contributed by atoms with E-state index in [2.05, 4.69) is 10.6 Å². The number of fused-ring (bicyclic) bond motifs is 1. The van der Waals surface area contributed by atoms with Crippen molar-refractivity contribution < 1.29 is 9.21 Å². The van der Waals surface area contributed by atoms with Gasteiger partial charge in [0.1, 0.15) is 11.3 Å². The summed E-state index contributed by atoms with van der Waals surface area (Å²) >= 11 is 0. The highest BCUT2D eigenvalue weighted by atomic mass is 16.3. The van der Waals surface area contributed by atoms with Crippen LogP contribution in [0.4, 0.5) is 0 Å². The molecule has 0 aliphatic rings. The molecule has 0 spiro atoms. The summed E-state index contributed by atoms with van der Waals surface area (Å²) in [6.45, 7) is 1.50. The van der Waals surface area contributed by atoms with E-state index in [0.717, 1.165) is 36.1 Å². The predicted molar refractivity (Wildman–Crippen MR) is 76.1 cm³/mol. The fourth-order valence-electron chi connectivity index (χ4n) is 2.00. The van der Waals surface area contributed by atoms with Crippen LogP contribution in [0.25, 0.3) is 11.0 Å². The fraction of sp³-hybridized carbons (Fsp3) is 0.400. The van der Waals surface area contributed by atoms with Crippen molar-refractivity contribution in [1.82, 2.24) is 10.6 Å². The average Bonchev–Trinajstić information content (AvgIpc) is 2.81. The van der Waals surface area contributed by atoms with Crippen molar-refractivity contribution in [2.24, 2.45) is 0 Å². The molecule has 0 saturated heterocycles. The minimum Gasteiger partial charge on any atom is -0.461 e. The van der Waals surface area contributed by atoms with E-state index in [1.54, 1.807) is 0 Å². The van der Waals surface area contributed by atoms with Gasteiger partial charge in [-0.3, -0.25) is 4.79 Å². The van der Waals surface area contributed by atoms with E-state index < -0.39 is 0 Å². The molecule has 0 aliphatic carbocycles. The molecule has 2 rings (SSSR count). The lowest BCUT2D eigenvalue weighted by Crippen LogP contribution is -2.26. The van der Waals surface area contributed by atoms with E-state index in [1.807, 2.05) is 37.4 Å². The predicted octanol–water partition coefficient (Wildman–Crippen LogP) is 2.09. The lowest BCUT2D eigenvalue weighted by Gasteiger charge is -2.03. The number of hydrogen-bond acceptors (Lipinski definition) is 3. The highest BCUT2D eigenvalue weighted by Crippen LogP contribution is 2.18. The second-order valence-corrected chi connectivity index (χ2v) is 4.56. The first kappa shape index (κ1) is 13.6. The van der Waals surface area contributed by atoms with E-state index >= 15 is 0 Å². The molecule has 0 bridgehead atoms. The van der Waals surface area contributed by atoms with Gasteiger partial charge < -0.3 is 15.1 Å². The van der Waals surface area contributed by atoms with Crippen molar-refractivity contribution in [3.63, 3.8) is 0 Å². The Hall–Kier alpha value is -1.81. The first-order valence-electron chi connectivity index (χ1n) is 6.68. The summed E-state index contributed by atoms with van der Waals surface area (Å²) in [5, 5.41) is 7.04. The van der Waals surface area contributed by atoms with Crippen LogP contribution < -0.4 is 10.6 Å². The lowest BCUT2D eigenvalue weighted by atomic mass is 10.2. The van der Waals surface area contributed by atoms with E-state index in [9.17, 15) is 4.79 Å². The third kappa shape index (κ3) is 4.10. The summed E-state index contributed by atoms with van der Waals surface area (Å²) in [7, 11) is 1.89. The summed E-state index contributed by atoms with van der Waals surface area (Å²) in [6.07, 6.45) is 2.17. The van der Waals surface area contributed by atoms with Gasteiger partial charge >= 0.3 is 0 Å². The van der Waals surface area contributed by atoms with Gasteiger partial charge in [0.2, 0.25) is 5.91 Å². The molecule has 0 fully saturated rings. The third-order valence-corrected chi connectivity index (χ3v) is 3.00. The zero-order valence-electron chi connectivity index (χ0n) is 11.2. The monoisotopic (exact) mass is 260 g/mol. The largest absolute Gasteiger partial charge is 0.461 e. The first-order chi connectivity index (χ1) is 9.29. The Morgan fingerprint density at radius 3 is 2.89 bits per heavy atom. The molecule has 0 aliphatic heterocycles. The Labute approximate surface area is 113 Å². The summed E-state index contributed by atoms with van der Waals surface area (Å²) in [4.78, 5) is 11.5. The van der Waals surface area contributed by atoms with Crippen molar-refractivity contribution in [3.8, 4) is 0 Å². The van der Waals surface area contributed by atoms with E-state index in [1.165, 1.54) is 0 Å². The molecule has 0 radical (unpaired) electrons. The molecule has 0 unspecified atom stereocenters. The van der Waals surface area contributed by atoms with Gasteiger partial charge in [0.15, 0.2) is 0 Å². The molecule has 4 heteroatoms. The van der Waals surface area contributed by atoms with Crippen molar-refractivity contribution in [2.75, 3.05) is 20.1 Å². The highest BCUT2D eigenvalue weighted by molar-refractivity contribution is 5.78. The number of para-hydroxylation sites is 1. The Morgan fingerprint density at radius 2 is 2.11 bits per heavy atom. The van der Waals surface area contributed by atoms with Gasteiger partial charge in [-0.2, -0.15) is 0 Å². The van der Waals surface area contributed by atoms with E-state index in [0.29, 0.717) is 13.0 Å². The molecule has 0 atom stereocenters. The second-order valence-electron chi connectivity index (χ2n) is 4.56. The minimum absolute atomic E-state index is 0.103. The number of hydrogen-bond donors (Lipinski definition) is 2. The maximum Gasteiger partial charge on any atom is 0.220 e. The Balaban J connectivity index is 1.74. The maximum absolute atomic E-state index is 11.5. The van der Waals surface area contributed by atoms with Crippen LogP contribution in [0.15, 0.2) is 34.7 Å². The third-order valence-electron chi connectivity index (χ3n) is 3.00. The molecule has 0 saturated carbocycles. The van der Waals surface area contributed by atoms with Crippen LogP contribution >= 0.6 is 0 Å². The highest BCUT2D eigenvalue weighted by Gasteiger charge is 2.04. The normalized spacial score (nSPS) is 10.8. The van der Waals surface area contributed by atoms with Gasteiger partial charge in [-0.1, -0.05) is 18.2 Å². The summed E-state index contributed by atoms with van der Waals surface area (Å²) in [5.74, 6) is 1.02. The summed E-state index contributed by atoms with van der Waals surface area (Å²) in [6, 6.07) is 9.96. The zero-order valence-corrected chi connectivity index (χ0v) is 11.2. The molecule has 1 aromatic heterocycles. The number of rotatable bonds is 7. The van der Waals surface area contributed by atoms with Crippen LogP contribution in [0, 0.1) is 0 Å². The van der Waals surface area contributed by atoms with Gasteiger partial charge in [-0.15, -0.1) is 0 Å². The van der Waals surface area contributed by atoms with Gasteiger partial charge in [0.05, 0.1) is 0 Å². The van der Waals surface area contributed by atoms with Gasteiger partial charge in [0.25, 0.3) is 0 Å². The first-order valence-corrected chi connectivity index (χ1v) is 6.68. The average molecular weight is 260 g/mol. The Morgan fingerprint density at radius 1 is 1.26 bits per heavy atom. The fourth-order valence-corrected chi connectivity index (χ4v) is 2.00. The van der Waals surface area contributed by atoms with Gasteiger partial charge in [-0.25, -0.2) is 0 Å². The standard InChI is InChI=1S/C15H20N2O2/c1-16-9-4-7-15(18)17-10-8-13-11-12-5-2-3-6-14(12)19-13/h2-3,5-6,11,16H,4,7-10H2,1H3,(H,17,18). The number of nitrogens with one attached hydrogen (secondary N) is 2. The molecular formula is C15H20N2O2. The number of amides is 1. The molecule has 2 N–H and O–H groups in total. The quantitative estimate of drug-likeness (QED) is 0.749. The molecule has 102 valence electrons. The maximum atomic E-state index is 11.5. The number of furan rings is 1. The minimum atomic E-state index is 0.103. The van der Waals surface area contributed by atoms with Gasteiger partial charge in [0, 0.05) is 24.8 Å². The van der Waals surface area contributed by atoms with Crippen LogP contribution in [0.3, 0.4) is 0 Å². The van der Waals surface area contributed by atoms with E-state index in [-0.39, 0.29) is 5.91 Å². The van der Waals surface area contributed by atoms with Crippen molar-refractivity contribution in [3.05, 3.63) is 36.1 Å². The lowest BCUT2D eigenvalue weighted by molar-refractivity contribution is -0.121. The Bertz CT molecular complexity index is 501. The summed E-state index contributed by atoms with van der Waals surface area (Å²) in [5.41, 5.74) is 0.901. The number of carbonyl (C=O) groups is 1. The van der Waals surface area contributed by atoms with Crippen LogP contribution in [0.1, 0.15) is 18.6 Å². The van der Waals surface area contributed by atoms with Crippen molar-refractivity contribution >= 4 is 16.9 Å². The van der Waals surface area contributed by atoms with Crippen LogP contribution in [-0.2, 0) is 11.2 Å². The molecule has 19 heavy (non-hydrogen) atoms. The van der Waals surface area contributed by atoms with E-state index in [4.69, 9.17) is 4.42 Å². The molecular weight excluding hydrogens is 240 g/mol. The number of carbonyl (C=O) groups excluding carboxylic acids is 1. The number of benzene rings is 1. The van der Waals surface area contributed by atoms with Crippen LogP contribution in [0.5, 0.6) is 0 Å². The second kappa shape index (κ2) is 6.95. The molecule has 1 amide bonds. The SMILES string of the molecule is CNCCCC(=O)NCCc1cc2ccccc2o1. The molecule has 2 aromatic rings. The van der Waals surface area contributed by atoms with Crippen LogP contribution in [-0.4, -0.2) is 26.0 Å². The molecule has 4 nitrogen and oxygen atoms in total. The Kier molecular flexibility index (Phi) is 4.98. The van der Waals surface area contributed by atoms with Crippen LogP contribution in [0.2, 0.25) is 0 Å². The summed E-state index contributed by atoms with van der Waals surface area (Å²) < 4.78 is 5.69.